The van der Waals surface area contributed by atoms with E-state index in [9.17, 15) is 4.79 Å². The zero-order valence-corrected chi connectivity index (χ0v) is 13.0. The van der Waals surface area contributed by atoms with Gasteiger partial charge in [0, 0.05) is 12.1 Å². The van der Waals surface area contributed by atoms with Crippen LogP contribution < -0.4 is 11.1 Å². The van der Waals surface area contributed by atoms with Gasteiger partial charge in [0.15, 0.2) is 0 Å². The van der Waals surface area contributed by atoms with Gasteiger partial charge in [0.1, 0.15) is 0 Å². The van der Waals surface area contributed by atoms with E-state index in [1.165, 1.54) is 11.1 Å². The third-order valence-corrected chi connectivity index (χ3v) is 3.56. The zero-order chi connectivity index (χ0) is 15.0. The second-order valence-corrected chi connectivity index (χ2v) is 5.70. The Bertz CT molecular complexity index is 403. The first-order chi connectivity index (χ1) is 9.55. The highest BCUT2D eigenvalue weighted by Gasteiger charge is 2.10. The fourth-order valence-corrected chi connectivity index (χ4v) is 2.68. The third kappa shape index (κ3) is 6.20. The maximum absolute atomic E-state index is 12.0. The molecule has 1 unspecified atom stereocenters. The lowest BCUT2D eigenvalue weighted by Gasteiger charge is -2.15. The van der Waals surface area contributed by atoms with E-state index in [0.717, 1.165) is 31.4 Å². The van der Waals surface area contributed by atoms with Crippen LogP contribution in [0.3, 0.4) is 0 Å². The molecule has 1 amide bonds. The predicted octanol–water partition coefficient (Wildman–Crippen LogP) is 3.79. The molecule has 0 aliphatic carbocycles. The molecule has 1 rings (SSSR count). The highest BCUT2D eigenvalue weighted by Crippen LogP contribution is 2.18. The Hall–Kier alpha value is -1.35. The smallest absolute Gasteiger partial charge is 0.224 e. The second kappa shape index (κ2) is 8.75. The number of aryl methyl sites for hydroxylation is 2. The highest BCUT2D eigenvalue weighted by molar-refractivity contribution is 5.90. The van der Waals surface area contributed by atoms with Crippen LogP contribution in [0.1, 0.15) is 50.2 Å². The van der Waals surface area contributed by atoms with Crippen molar-refractivity contribution in [3.05, 3.63) is 29.3 Å². The molecule has 1 aromatic carbocycles. The number of hydrogen-bond donors (Lipinski definition) is 2. The summed E-state index contributed by atoms with van der Waals surface area (Å²) in [5, 5.41) is 2.99. The van der Waals surface area contributed by atoms with Crippen molar-refractivity contribution < 1.29 is 4.79 Å². The second-order valence-electron chi connectivity index (χ2n) is 5.70. The van der Waals surface area contributed by atoms with Gasteiger partial charge in [-0.1, -0.05) is 25.8 Å². The molecule has 3 nitrogen and oxygen atoms in total. The minimum absolute atomic E-state index is 0.105. The van der Waals surface area contributed by atoms with Gasteiger partial charge >= 0.3 is 0 Å². The fraction of sp³-hybridized carbons (Fsp3) is 0.588. The molecule has 0 heterocycles. The summed E-state index contributed by atoms with van der Waals surface area (Å²) < 4.78 is 0. The van der Waals surface area contributed by atoms with Gasteiger partial charge in [0.2, 0.25) is 5.91 Å². The number of carbonyl (C=O) groups is 1. The molecule has 0 bridgehead atoms. The van der Waals surface area contributed by atoms with E-state index in [0.29, 0.717) is 18.9 Å². The van der Waals surface area contributed by atoms with Crippen LogP contribution in [0.25, 0.3) is 0 Å². The zero-order valence-electron chi connectivity index (χ0n) is 13.0. The molecule has 1 aromatic rings. The maximum atomic E-state index is 12.0. The first kappa shape index (κ1) is 16.7. The van der Waals surface area contributed by atoms with E-state index < -0.39 is 0 Å². The van der Waals surface area contributed by atoms with Gasteiger partial charge in [-0.2, -0.15) is 0 Å². The Labute approximate surface area is 122 Å². The van der Waals surface area contributed by atoms with Crippen LogP contribution in [0.5, 0.6) is 0 Å². The normalized spacial score (nSPS) is 12.2. The van der Waals surface area contributed by atoms with Crippen LogP contribution in [-0.2, 0) is 4.79 Å². The number of hydrogen-bond acceptors (Lipinski definition) is 2. The standard InChI is InChI=1S/C17H28N2O/c1-4-5-15(8-9-18)6-7-17(20)19-16-11-13(2)10-14(3)12-16/h10-12,15H,4-9,18H2,1-3H3,(H,19,20). The molecule has 0 aliphatic rings. The predicted molar refractivity (Wildman–Crippen MR) is 85.8 cm³/mol. The number of rotatable bonds is 8. The summed E-state index contributed by atoms with van der Waals surface area (Å²) in [5.41, 5.74) is 8.87. The lowest BCUT2D eigenvalue weighted by Crippen LogP contribution is -2.15. The number of nitrogens with one attached hydrogen (secondary N) is 1. The molecule has 3 heteroatoms. The number of nitrogens with two attached hydrogens (primary N) is 1. The molecule has 0 radical (unpaired) electrons. The van der Waals surface area contributed by atoms with E-state index in [4.69, 9.17) is 5.73 Å². The monoisotopic (exact) mass is 276 g/mol. The molecule has 0 aliphatic heterocycles. The summed E-state index contributed by atoms with van der Waals surface area (Å²) in [6.45, 7) is 6.98. The molecule has 112 valence electrons. The average Bonchev–Trinajstić information content (AvgIpc) is 2.35. The largest absolute Gasteiger partial charge is 0.330 e. The van der Waals surface area contributed by atoms with Crippen LogP contribution in [0, 0.1) is 19.8 Å². The van der Waals surface area contributed by atoms with Crippen LogP contribution >= 0.6 is 0 Å². The first-order valence-corrected chi connectivity index (χ1v) is 7.63. The lowest BCUT2D eigenvalue weighted by atomic mass is 9.94. The molecule has 0 fully saturated rings. The number of benzene rings is 1. The van der Waals surface area contributed by atoms with Crippen LogP contribution in [0.15, 0.2) is 18.2 Å². The van der Waals surface area contributed by atoms with Gasteiger partial charge in [0.25, 0.3) is 0 Å². The van der Waals surface area contributed by atoms with E-state index in [1.54, 1.807) is 0 Å². The Kier molecular flexibility index (Phi) is 7.31. The van der Waals surface area contributed by atoms with Crippen molar-refractivity contribution in [3.63, 3.8) is 0 Å². The van der Waals surface area contributed by atoms with E-state index in [2.05, 4.69) is 18.3 Å². The van der Waals surface area contributed by atoms with Gasteiger partial charge in [-0.05, 0) is 62.4 Å². The summed E-state index contributed by atoms with van der Waals surface area (Å²) >= 11 is 0. The lowest BCUT2D eigenvalue weighted by molar-refractivity contribution is -0.116. The Balaban J connectivity index is 2.46. The van der Waals surface area contributed by atoms with Crippen molar-refractivity contribution in [2.24, 2.45) is 11.7 Å². The molecule has 3 N–H and O–H groups in total. The van der Waals surface area contributed by atoms with E-state index in [1.807, 2.05) is 26.0 Å². The molecule has 0 spiro atoms. The SMILES string of the molecule is CCCC(CCN)CCC(=O)Nc1cc(C)cc(C)c1. The number of carbonyl (C=O) groups excluding carboxylic acids is 1. The number of anilines is 1. The summed E-state index contributed by atoms with van der Waals surface area (Å²) in [6, 6.07) is 6.12. The molecule has 0 saturated carbocycles. The quantitative estimate of drug-likeness (QED) is 0.759. The van der Waals surface area contributed by atoms with Crippen LogP contribution in [-0.4, -0.2) is 12.5 Å². The van der Waals surface area contributed by atoms with Crippen LogP contribution in [0.2, 0.25) is 0 Å². The minimum atomic E-state index is 0.105. The molecule has 1 atom stereocenters. The van der Waals surface area contributed by atoms with Crippen LogP contribution in [0.4, 0.5) is 5.69 Å². The number of amides is 1. The Morgan fingerprint density at radius 3 is 2.35 bits per heavy atom. The van der Waals surface area contributed by atoms with Crippen molar-refractivity contribution in [2.45, 2.75) is 52.9 Å². The Morgan fingerprint density at radius 2 is 1.80 bits per heavy atom. The summed E-state index contributed by atoms with van der Waals surface area (Å²) in [5.74, 6) is 0.683. The average molecular weight is 276 g/mol. The van der Waals surface area contributed by atoms with Crippen molar-refractivity contribution in [3.8, 4) is 0 Å². The highest BCUT2D eigenvalue weighted by atomic mass is 16.1. The van der Waals surface area contributed by atoms with E-state index in [-0.39, 0.29) is 5.91 Å². The molecular formula is C17H28N2O. The van der Waals surface area contributed by atoms with Gasteiger partial charge in [0.05, 0.1) is 0 Å². The minimum Gasteiger partial charge on any atom is -0.330 e. The summed E-state index contributed by atoms with van der Waals surface area (Å²) in [6.07, 6.45) is 4.85. The fourth-order valence-electron chi connectivity index (χ4n) is 2.68. The van der Waals surface area contributed by atoms with E-state index >= 15 is 0 Å². The van der Waals surface area contributed by atoms with Crippen molar-refractivity contribution in [2.75, 3.05) is 11.9 Å². The maximum Gasteiger partial charge on any atom is 0.224 e. The molecular weight excluding hydrogens is 248 g/mol. The topological polar surface area (TPSA) is 55.1 Å². The molecule has 0 aromatic heterocycles. The van der Waals surface area contributed by atoms with Crippen molar-refractivity contribution in [1.29, 1.82) is 0 Å². The molecule has 0 saturated heterocycles. The summed E-state index contributed by atoms with van der Waals surface area (Å²) in [7, 11) is 0. The molecule has 20 heavy (non-hydrogen) atoms. The van der Waals surface area contributed by atoms with Gasteiger partial charge < -0.3 is 11.1 Å². The van der Waals surface area contributed by atoms with Crippen molar-refractivity contribution >= 4 is 11.6 Å². The third-order valence-electron chi connectivity index (χ3n) is 3.56. The van der Waals surface area contributed by atoms with Crippen molar-refractivity contribution in [1.82, 2.24) is 0 Å². The van der Waals surface area contributed by atoms with Gasteiger partial charge in [-0.3, -0.25) is 4.79 Å². The Morgan fingerprint density at radius 1 is 1.15 bits per heavy atom. The van der Waals surface area contributed by atoms with Gasteiger partial charge in [-0.15, -0.1) is 0 Å². The van der Waals surface area contributed by atoms with Gasteiger partial charge in [-0.25, -0.2) is 0 Å². The first-order valence-electron chi connectivity index (χ1n) is 7.63. The summed E-state index contributed by atoms with van der Waals surface area (Å²) in [4.78, 5) is 12.0.